The number of benzene rings is 1. The van der Waals surface area contributed by atoms with Crippen LogP contribution in [0, 0.1) is 5.92 Å². The highest BCUT2D eigenvalue weighted by Crippen LogP contribution is 2.20. The summed E-state index contributed by atoms with van der Waals surface area (Å²) in [7, 11) is 0. The molecule has 2 saturated heterocycles. The van der Waals surface area contributed by atoms with Crippen LogP contribution in [-0.4, -0.2) is 48.6 Å². The number of hydrogen-bond donors (Lipinski definition) is 0. The number of rotatable bonds is 4. The van der Waals surface area contributed by atoms with Gasteiger partial charge in [0, 0.05) is 19.6 Å². The van der Waals surface area contributed by atoms with Crippen molar-refractivity contribution in [3.8, 4) is 0 Å². The lowest BCUT2D eigenvalue weighted by molar-refractivity contribution is 0.102. The van der Waals surface area contributed by atoms with Crippen molar-refractivity contribution in [2.45, 2.75) is 32.3 Å². The molecule has 2 heterocycles. The molecule has 1 amide bonds. The van der Waals surface area contributed by atoms with Crippen LogP contribution in [-0.2, 0) is 11.3 Å². The number of piperidine rings is 1. The Balaban J connectivity index is 1.40. The molecule has 2 fully saturated rings. The topological polar surface area (TPSA) is 32.8 Å². The largest absolute Gasteiger partial charge is 0.445 e. The average molecular weight is 302 g/mol. The first-order valence-corrected chi connectivity index (χ1v) is 8.49. The van der Waals surface area contributed by atoms with Crippen molar-refractivity contribution < 1.29 is 9.53 Å². The fourth-order valence-corrected chi connectivity index (χ4v) is 3.47. The molecule has 120 valence electrons. The van der Waals surface area contributed by atoms with Gasteiger partial charge in [-0.3, -0.25) is 0 Å². The summed E-state index contributed by atoms with van der Waals surface area (Å²) >= 11 is 0. The van der Waals surface area contributed by atoms with Crippen LogP contribution in [0.3, 0.4) is 0 Å². The van der Waals surface area contributed by atoms with E-state index in [0.29, 0.717) is 12.5 Å². The van der Waals surface area contributed by atoms with Crippen molar-refractivity contribution in [2.75, 3.05) is 32.7 Å². The van der Waals surface area contributed by atoms with Gasteiger partial charge in [-0.1, -0.05) is 36.8 Å². The minimum absolute atomic E-state index is 0.162. The van der Waals surface area contributed by atoms with Crippen LogP contribution in [0.5, 0.6) is 0 Å². The van der Waals surface area contributed by atoms with E-state index in [9.17, 15) is 4.79 Å². The fraction of sp³-hybridized carbons (Fsp3) is 0.611. The number of likely N-dealkylation sites (tertiary alicyclic amines) is 2. The van der Waals surface area contributed by atoms with Crippen LogP contribution in [0.4, 0.5) is 4.79 Å². The van der Waals surface area contributed by atoms with Gasteiger partial charge < -0.3 is 14.5 Å². The lowest BCUT2D eigenvalue weighted by Gasteiger charge is -2.28. The molecule has 1 aromatic carbocycles. The van der Waals surface area contributed by atoms with Crippen molar-refractivity contribution >= 4 is 6.09 Å². The molecule has 4 nitrogen and oxygen atoms in total. The molecule has 4 heteroatoms. The number of amides is 1. The molecule has 0 aliphatic carbocycles. The normalized spacial score (nSPS) is 22.7. The number of ether oxygens (including phenoxy) is 1. The number of hydrogen-bond acceptors (Lipinski definition) is 3. The van der Waals surface area contributed by atoms with Gasteiger partial charge in [0.25, 0.3) is 0 Å². The molecule has 0 N–H and O–H groups in total. The second-order valence-corrected chi connectivity index (χ2v) is 6.50. The van der Waals surface area contributed by atoms with E-state index < -0.39 is 0 Å². The highest BCUT2D eigenvalue weighted by atomic mass is 16.6. The highest BCUT2D eigenvalue weighted by molar-refractivity contribution is 5.68. The van der Waals surface area contributed by atoms with Gasteiger partial charge in [-0.25, -0.2) is 4.79 Å². The third-order valence-corrected chi connectivity index (χ3v) is 4.71. The van der Waals surface area contributed by atoms with Gasteiger partial charge in [0.1, 0.15) is 6.61 Å². The lowest BCUT2D eigenvalue weighted by atomic mass is 10.1. The van der Waals surface area contributed by atoms with Gasteiger partial charge in [0.05, 0.1) is 0 Å². The van der Waals surface area contributed by atoms with Crippen LogP contribution in [0.25, 0.3) is 0 Å². The first kappa shape index (κ1) is 15.3. The Kier molecular flexibility index (Phi) is 5.33. The first-order chi connectivity index (χ1) is 10.8. The third kappa shape index (κ3) is 4.23. The number of nitrogens with zero attached hydrogens (tertiary/aromatic N) is 2. The van der Waals surface area contributed by atoms with E-state index in [1.165, 1.54) is 32.4 Å². The SMILES string of the molecule is O=C(OCc1ccccc1)N1CCC(CN2CCCCC2)C1. The lowest BCUT2D eigenvalue weighted by Crippen LogP contribution is -2.36. The van der Waals surface area contributed by atoms with Crippen LogP contribution in [0.2, 0.25) is 0 Å². The maximum absolute atomic E-state index is 12.1. The van der Waals surface area contributed by atoms with Gasteiger partial charge in [-0.05, 0) is 43.8 Å². The predicted molar refractivity (Wildman–Crippen MR) is 86.6 cm³/mol. The summed E-state index contributed by atoms with van der Waals surface area (Å²) in [5.41, 5.74) is 1.04. The fourth-order valence-electron chi connectivity index (χ4n) is 3.47. The van der Waals surface area contributed by atoms with Crippen LogP contribution < -0.4 is 0 Å². The molecule has 2 aliphatic heterocycles. The summed E-state index contributed by atoms with van der Waals surface area (Å²) in [5, 5.41) is 0. The Morgan fingerprint density at radius 1 is 1.09 bits per heavy atom. The Hall–Kier alpha value is -1.55. The van der Waals surface area contributed by atoms with Gasteiger partial charge in [0.2, 0.25) is 0 Å². The van der Waals surface area contributed by atoms with Crippen molar-refractivity contribution in [3.05, 3.63) is 35.9 Å². The smallest absolute Gasteiger partial charge is 0.410 e. The molecule has 22 heavy (non-hydrogen) atoms. The average Bonchev–Trinajstić information content (AvgIpc) is 3.03. The molecule has 1 atom stereocenters. The quantitative estimate of drug-likeness (QED) is 0.856. The molecule has 1 unspecified atom stereocenters. The minimum Gasteiger partial charge on any atom is -0.445 e. The summed E-state index contributed by atoms with van der Waals surface area (Å²) in [6.07, 6.45) is 4.98. The van der Waals surface area contributed by atoms with Crippen molar-refractivity contribution in [3.63, 3.8) is 0 Å². The van der Waals surface area contributed by atoms with Crippen LogP contribution in [0.1, 0.15) is 31.2 Å². The van der Waals surface area contributed by atoms with Crippen molar-refractivity contribution in [1.82, 2.24) is 9.80 Å². The Morgan fingerprint density at radius 3 is 2.64 bits per heavy atom. The summed E-state index contributed by atoms with van der Waals surface area (Å²) in [5.74, 6) is 0.613. The maximum atomic E-state index is 12.1. The Bertz CT molecular complexity index is 471. The first-order valence-electron chi connectivity index (χ1n) is 8.49. The standard InChI is InChI=1S/C18H26N2O2/c21-18(22-15-16-7-3-1-4-8-16)20-12-9-17(14-20)13-19-10-5-2-6-11-19/h1,3-4,7-8,17H,2,5-6,9-15H2. The van der Waals surface area contributed by atoms with Gasteiger partial charge in [-0.15, -0.1) is 0 Å². The molecule has 0 radical (unpaired) electrons. The van der Waals surface area contributed by atoms with E-state index >= 15 is 0 Å². The number of carbonyl (C=O) groups is 1. The van der Waals surface area contributed by atoms with E-state index in [2.05, 4.69) is 4.90 Å². The zero-order valence-corrected chi connectivity index (χ0v) is 13.2. The van der Waals surface area contributed by atoms with Gasteiger partial charge in [-0.2, -0.15) is 0 Å². The van der Waals surface area contributed by atoms with E-state index in [1.54, 1.807) is 0 Å². The summed E-state index contributed by atoms with van der Waals surface area (Å²) < 4.78 is 5.42. The third-order valence-electron chi connectivity index (χ3n) is 4.71. The van der Waals surface area contributed by atoms with Crippen molar-refractivity contribution in [2.24, 2.45) is 5.92 Å². The number of carbonyl (C=O) groups excluding carboxylic acids is 1. The molecule has 2 aliphatic rings. The molecule has 0 saturated carbocycles. The monoisotopic (exact) mass is 302 g/mol. The maximum Gasteiger partial charge on any atom is 0.410 e. The zero-order valence-electron chi connectivity index (χ0n) is 13.2. The molecule has 1 aromatic rings. The van der Waals surface area contributed by atoms with Gasteiger partial charge >= 0.3 is 6.09 Å². The predicted octanol–water partition coefficient (Wildman–Crippen LogP) is 3.13. The van der Waals surface area contributed by atoms with Crippen LogP contribution in [0.15, 0.2) is 30.3 Å². The van der Waals surface area contributed by atoms with E-state index in [0.717, 1.165) is 31.6 Å². The zero-order chi connectivity index (χ0) is 15.2. The Labute approximate surface area is 133 Å². The van der Waals surface area contributed by atoms with E-state index in [4.69, 9.17) is 4.74 Å². The second-order valence-electron chi connectivity index (χ2n) is 6.50. The minimum atomic E-state index is -0.162. The van der Waals surface area contributed by atoms with E-state index in [1.807, 2.05) is 35.2 Å². The Morgan fingerprint density at radius 2 is 1.86 bits per heavy atom. The van der Waals surface area contributed by atoms with E-state index in [-0.39, 0.29) is 6.09 Å². The molecule has 3 rings (SSSR count). The molecule has 0 aromatic heterocycles. The summed E-state index contributed by atoms with van der Waals surface area (Å²) in [6.45, 7) is 5.66. The highest BCUT2D eigenvalue weighted by Gasteiger charge is 2.28. The van der Waals surface area contributed by atoms with Crippen molar-refractivity contribution in [1.29, 1.82) is 0 Å². The molecular weight excluding hydrogens is 276 g/mol. The van der Waals surface area contributed by atoms with Gasteiger partial charge in [0.15, 0.2) is 0 Å². The van der Waals surface area contributed by atoms with Crippen LogP contribution >= 0.6 is 0 Å². The molecule has 0 spiro atoms. The summed E-state index contributed by atoms with van der Waals surface area (Å²) in [6, 6.07) is 9.87. The summed E-state index contributed by atoms with van der Waals surface area (Å²) in [4.78, 5) is 16.6. The second kappa shape index (κ2) is 7.63. The molecule has 0 bridgehead atoms. The molecular formula is C18H26N2O2.